The molecule has 1 amide bonds. The number of sulfonamides is 1. The molecule has 7 nitrogen and oxygen atoms in total. The Balaban J connectivity index is 2.52. The first-order chi connectivity index (χ1) is 8.98. The number of anilines is 1. The molecule has 0 radical (unpaired) electrons. The van der Waals surface area contributed by atoms with Gasteiger partial charge in [-0.3, -0.25) is 9.78 Å². The lowest BCUT2D eigenvalue weighted by atomic mass is 10.3. The molecule has 0 bridgehead atoms. The summed E-state index contributed by atoms with van der Waals surface area (Å²) >= 11 is 0. The van der Waals surface area contributed by atoms with E-state index < -0.39 is 15.9 Å². The zero-order valence-corrected chi connectivity index (χ0v) is 11.8. The van der Waals surface area contributed by atoms with E-state index >= 15 is 0 Å². The third-order valence-corrected chi connectivity index (χ3v) is 3.77. The molecule has 1 aromatic rings. The molecule has 0 saturated heterocycles. The zero-order chi connectivity index (χ0) is 14.3. The summed E-state index contributed by atoms with van der Waals surface area (Å²) in [6.45, 7) is 2.07. The normalized spacial score (nSPS) is 11.1. The number of hydrogen-bond donors (Lipinski definition) is 3. The monoisotopic (exact) mass is 286 g/mol. The van der Waals surface area contributed by atoms with E-state index in [0.29, 0.717) is 6.54 Å². The van der Waals surface area contributed by atoms with E-state index in [4.69, 9.17) is 0 Å². The minimum Gasteiger partial charge on any atom is -0.388 e. The van der Waals surface area contributed by atoms with Gasteiger partial charge in [0.05, 0.1) is 5.75 Å². The topological polar surface area (TPSA) is 100 Å². The van der Waals surface area contributed by atoms with Crippen LogP contribution in [0.3, 0.4) is 0 Å². The average molecular weight is 286 g/mol. The molecule has 0 aliphatic rings. The number of rotatable bonds is 7. The number of carbonyl (C=O) groups excluding carboxylic acids is 1. The van der Waals surface area contributed by atoms with E-state index in [-0.39, 0.29) is 18.0 Å². The van der Waals surface area contributed by atoms with Crippen molar-refractivity contribution in [2.75, 3.05) is 31.2 Å². The van der Waals surface area contributed by atoms with Gasteiger partial charge in [0.1, 0.15) is 5.69 Å². The van der Waals surface area contributed by atoms with Crippen molar-refractivity contribution < 1.29 is 13.2 Å². The van der Waals surface area contributed by atoms with Gasteiger partial charge in [-0.25, -0.2) is 13.1 Å². The lowest BCUT2D eigenvalue weighted by Crippen LogP contribution is -2.34. The van der Waals surface area contributed by atoms with E-state index in [9.17, 15) is 13.2 Å². The van der Waals surface area contributed by atoms with Gasteiger partial charge in [0, 0.05) is 32.0 Å². The average Bonchev–Trinajstić information content (AvgIpc) is 2.38. The van der Waals surface area contributed by atoms with Crippen LogP contribution in [-0.4, -0.2) is 45.2 Å². The van der Waals surface area contributed by atoms with Gasteiger partial charge in [-0.15, -0.1) is 0 Å². The van der Waals surface area contributed by atoms with E-state index in [1.807, 2.05) is 0 Å². The molecule has 0 fully saturated rings. The van der Waals surface area contributed by atoms with Crippen LogP contribution in [0.15, 0.2) is 18.3 Å². The number of amides is 1. The minimum absolute atomic E-state index is 0.0413. The standard InChI is InChI=1S/C11H18N4O3S/c1-3-15-19(17,18)7-6-14-11(16)10-8-9(12-2)4-5-13-10/h4-5,8,15H,3,6-7H2,1-2H3,(H,12,13)(H,14,16). The Labute approximate surface area is 112 Å². The fourth-order valence-corrected chi connectivity index (χ4v) is 2.35. The second-order valence-corrected chi connectivity index (χ2v) is 5.68. The summed E-state index contributed by atoms with van der Waals surface area (Å²) in [5.74, 6) is -0.554. The van der Waals surface area contributed by atoms with Crippen LogP contribution in [0, 0.1) is 0 Å². The fourth-order valence-electron chi connectivity index (χ4n) is 1.39. The van der Waals surface area contributed by atoms with Gasteiger partial charge in [-0.1, -0.05) is 6.92 Å². The molecular formula is C11H18N4O3S. The maximum atomic E-state index is 11.7. The molecule has 1 aromatic heterocycles. The molecule has 3 N–H and O–H groups in total. The van der Waals surface area contributed by atoms with Crippen molar-refractivity contribution >= 4 is 21.6 Å². The molecule has 0 unspecified atom stereocenters. The highest BCUT2D eigenvalue weighted by molar-refractivity contribution is 7.89. The number of carbonyl (C=O) groups is 1. The summed E-state index contributed by atoms with van der Waals surface area (Å²) < 4.78 is 25.1. The summed E-state index contributed by atoms with van der Waals surface area (Å²) in [7, 11) is -1.58. The Morgan fingerprint density at radius 3 is 2.79 bits per heavy atom. The van der Waals surface area contributed by atoms with E-state index in [1.165, 1.54) is 6.20 Å². The fraction of sp³-hybridized carbons (Fsp3) is 0.455. The predicted molar refractivity (Wildman–Crippen MR) is 73.6 cm³/mol. The molecule has 1 rings (SSSR count). The number of pyridine rings is 1. The third kappa shape index (κ3) is 5.23. The van der Waals surface area contributed by atoms with Gasteiger partial charge in [-0.2, -0.15) is 0 Å². The van der Waals surface area contributed by atoms with Crippen LogP contribution in [0.4, 0.5) is 5.69 Å². The predicted octanol–water partition coefficient (Wildman–Crippen LogP) is -0.208. The van der Waals surface area contributed by atoms with E-state index in [1.54, 1.807) is 26.1 Å². The first-order valence-electron chi connectivity index (χ1n) is 5.88. The molecule has 0 atom stereocenters. The number of hydrogen-bond acceptors (Lipinski definition) is 5. The van der Waals surface area contributed by atoms with Gasteiger partial charge in [0.25, 0.3) is 5.91 Å². The van der Waals surface area contributed by atoms with Gasteiger partial charge in [0.15, 0.2) is 0 Å². The van der Waals surface area contributed by atoms with Crippen LogP contribution in [0.2, 0.25) is 0 Å². The smallest absolute Gasteiger partial charge is 0.269 e. The second kappa shape index (κ2) is 7.05. The summed E-state index contributed by atoms with van der Waals surface area (Å²) in [4.78, 5) is 15.7. The Hall–Kier alpha value is -1.67. The minimum atomic E-state index is -3.32. The largest absolute Gasteiger partial charge is 0.388 e. The number of nitrogens with one attached hydrogen (secondary N) is 3. The van der Waals surface area contributed by atoms with Crippen LogP contribution < -0.4 is 15.4 Å². The van der Waals surface area contributed by atoms with Crippen LogP contribution in [-0.2, 0) is 10.0 Å². The summed E-state index contributed by atoms with van der Waals surface area (Å²) in [6, 6.07) is 3.32. The molecule has 0 spiro atoms. The van der Waals surface area contributed by atoms with Crippen molar-refractivity contribution in [3.8, 4) is 0 Å². The first kappa shape index (κ1) is 15.4. The van der Waals surface area contributed by atoms with Crippen molar-refractivity contribution in [2.45, 2.75) is 6.92 Å². The molecule has 8 heteroatoms. The van der Waals surface area contributed by atoms with Gasteiger partial charge >= 0.3 is 0 Å². The number of nitrogens with zero attached hydrogens (tertiary/aromatic N) is 1. The van der Waals surface area contributed by atoms with Crippen molar-refractivity contribution in [3.05, 3.63) is 24.0 Å². The van der Waals surface area contributed by atoms with Gasteiger partial charge in [-0.05, 0) is 12.1 Å². The highest BCUT2D eigenvalue weighted by Gasteiger charge is 2.11. The van der Waals surface area contributed by atoms with Crippen molar-refractivity contribution in [3.63, 3.8) is 0 Å². The molecule has 19 heavy (non-hydrogen) atoms. The lowest BCUT2D eigenvalue weighted by molar-refractivity contribution is 0.0951. The molecule has 0 aromatic carbocycles. The number of aromatic nitrogens is 1. The Morgan fingerprint density at radius 1 is 1.42 bits per heavy atom. The maximum Gasteiger partial charge on any atom is 0.269 e. The van der Waals surface area contributed by atoms with Crippen molar-refractivity contribution in [2.24, 2.45) is 0 Å². The van der Waals surface area contributed by atoms with Crippen LogP contribution in [0.5, 0.6) is 0 Å². The zero-order valence-electron chi connectivity index (χ0n) is 10.9. The molecular weight excluding hydrogens is 268 g/mol. The quantitative estimate of drug-likeness (QED) is 0.644. The van der Waals surface area contributed by atoms with Crippen LogP contribution in [0.25, 0.3) is 0 Å². The summed E-state index contributed by atoms with van der Waals surface area (Å²) in [6.07, 6.45) is 1.51. The van der Waals surface area contributed by atoms with Crippen molar-refractivity contribution in [1.82, 2.24) is 15.0 Å². The lowest BCUT2D eigenvalue weighted by Gasteiger charge is -2.07. The van der Waals surface area contributed by atoms with Crippen molar-refractivity contribution in [1.29, 1.82) is 0 Å². The molecule has 106 valence electrons. The summed E-state index contributed by atoms with van der Waals surface area (Å²) in [5, 5.41) is 5.41. The Morgan fingerprint density at radius 2 is 2.16 bits per heavy atom. The molecule has 0 aliphatic carbocycles. The second-order valence-electron chi connectivity index (χ2n) is 3.75. The van der Waals surface area contributed by atoms with E-state index in [0.717, 1.165) is 5.69 Å². The van der Waals surface area contributed by atoms with Crippen LogP contribution in [0.1, 0.15) is 17.4 Å². The molecule has 1 heterocycles. The maximum absolute atomic E-state index is 11.7. The highest BCUT2D eigenvalue weighted by atomic mass is 32.2. The third-order valence-electron chi connectivity index (χ3n) is 2.30. The van der Waals surface area contributed by atoms with Crippen LogP contribution >= 0.6 is 0 Å². The molecule has 0 saturated carbocycles. The SMILES string of the molecule is CCNS(=O)(=O)CCNC(=O)c1cc(NC)ccn1. The molecule has 0 aliphatic heterocycles. The first-order valence-corrected chi connectivity index (χ1v) is 7.53. The Kier molecular flexibility index (Phi) is 5.71. The Bertz CT molecular complexity index is 530. The summed E-state index contributed by atoms with van der Waals surface area (Å²) in [5.41, 5.74) is 1.01. The highest BCUT2D eigenvalue weighted by Crippen LogP contribution is 2.06. The van der Waals surface area contributed by atoms with Gasteiger partial charge < -0.3 is 10.6 Å². The van der Waals surface area contributed by atoms with E-state index in [2.05, 4.69) is 20.3 Å². The van der Waals surface area contributed by atoms with Gasteiger partial charge in [0.2, 0.25) is 10.0 Å².